The fourth-order valence-corrected chi connectivity index (χ4v) is 3.37. The highest BCUT2D eigenvalue weighted by Crippen LogP contribution is 2.14. The van der Waals surface area contributed by atoms with Gasteiger partial charge in [-0.05, 0) is 30.7 Å². The summed E-state index contributed by atoms with van der Waals surface area (Å²) in [6, 6.07) is 16.9. The fraction of sp³-hybridized carbons (Fsp3) is 0.407. The van der Waals surface area contributed by atoms with E-state index in [1.54, 1.807) is 60.7 Å². The van der Waals surface area contributed by atoms with E-state index in [0.29, 0.717) is 22.6 Å². The summed E-state index contributed by atoms with van der Waals surface area (Å²) in [4.78, 5) is 45.1. The number of benzene rings is 2. The number of nitrogens with two attached hydrogens (primary N) is 1. The second-order valence-corrected chi connectivity index (χ2v) is 8.20. The third kappa shape index (κ3) is 11.4. The number of imide groups is 1. The number of carbonyl (C=O) groups is 4. The average Bonchev–Trinajstić information content (AvgIpc) is 2.87. The quantitative estimate of drug-likeness (QED) is 0.0893. The third-order valence-corrected chi connectivity index (χ3v) is 5.42. The van der Waals surface area contributed by atoms with Crippen LogP contribution >= 0.6 is 0 Å². The number of aliphatic carboxylic acids is 2. The van der Waals surface area contributed by atoms with Crippen LogP contribution in [0.15, 0.2) is 60.7 Å². The Morgan fingerprint density at radius 3 is 1.43 bits per heavy atom. The monoisotopic (exact) mass is 484 g/mol. The zero-order valence-corrected chi connectivity index (χ0v) is 20.3. The van der Waals surface area contributed by atoms with Gasteiger partial charge in [-0.2, -0.15) is 0 Å². The van der Waals surface area contributed by atoms with Gasteiger partial charge in [-0.1, -0.05) is 94.7 Å². The van der Waals surface area contributed by atoms with Crippen molar-refractivity contribution in [2.24, 2.45) is 11.8 Å². The molecule has 35 heavy (non-hydrogen) atoms. The second kappa shape index (κ2) is 17.0. The molecule has 0 aliphatic carbocycles. The van der Waals surface area contributed by atoms with E-state index in [0.717, 1.165) is 12.8 Å². The lowest BCUT2D eigenvalue weighted by atomic mass is 10.0. The number of nitrogens with zero attached hydrogens (tertiary/aromatic N) is 1. The Kier molecular flexibility index (Phi) is 14.3. The van der Waals surface area contributed by atoms with Crippen molar-refractivity contribution in [3.63, 3.8) is 0 Å². The number of amides is 2. The summed E-state index contributed by atoms with van der Waals surface area (Å²) >= 11 is 0. The largest absolute Gasteiger partial charge is 0.481 e. The Labute approximate surface area is 206 Å². The molecule has 0 fully saturated rings. The van der Waals surface area contributed by atoms with Crippen LogP contribution in [0, 0.1) is 5.92 Å². The predicted molar refractivity (Wildman–Crippen MR) is 134 cm³/mol. The van der Waals surface area contributed by atoms with Gasteiger partial charge in [-0.25, -0.2) is 10.9 Å². The molecule has 0 unspecified atom stereocenters. The number of carboxylic acids is 2. The van der Waals surface area contributed by atoms with E-state index < -0.39 is 29.7 Å². The molecule has 8 nitrogen and oxygen atoms in total. The van der Waals surface area contributed by atoms with Crippen molar-refractivity contribution in [3.8, 4) is 0 Å². The minimum Gasteiger partial charge on any atom is -0.481 e. The SMILES string of the molecule is CCCCCCCCCCC(C(=O)O)C(=O)O.NN(C(=O)c1ccccc1)C(=O)c1ccccc1. The molecule has 0 aliphatic heterocycles. The molecule has 2 aromatic carbocycles. The van der Waals surface area contributed by atoms with Gasteiger partial charge in [0.15, 0.2) is 5.92 Å². The smallest absolute Gasteiger partial charge is 0.317 e. The van der Waals surface area contributed by atoms with E-state index in [-0.39, 0.29) is 6.42 Å². The highest BCUT2D eigenvalue weighted by atomic mass is 16.4. The van der Waals surface area contributed by atoms with Gasteiger partial charge in [0.05, 0.1) is 0 Å². The van der Waals surface area contributed by atoms with Crippen molar-refractivity contribution in [1.29, 1.82) is 0 Å². The maximum absolute atomic E-state index is 11.9. The molecule has 2 amide bonds. The van der Waals surface area contributed by atoms with Crippen LogP contribution < -0.4 is 5.84 Å². The summed E-state index contributed by atoms with van der Waals surface area (Å²) in [5.41, 5.74) is 0.758. The van der Waals surface area contributed by atoms with E-state index in [1.165, 1.54) is 32.1 Å². The van der Waals surface area contributed by atoms with Crippen molar-refractivity contribution in [3.05, 3.63) is 71.8 Å². The van der Waals surface area contributed by atoms with E-state index in [4.69, 9.17) is 16.1 Å². The molecule has 0 saturated carbocycles. The predicted octanol–water partition coefficient (Wildman–Crippen LogP) is 5.15. The zero-order valence-electron chi connectivity index (χ0n) is 20.3. The first-order chi connectivity index (χ1) is 16.8. The van der Waals surface area contributed by atoms with Gasteiger partial charge in [0, 0.05) is 11.1 Å². The van der Waals surface area contributed by atoms with Gasteiger partial charge in [0.1, 0.15) is 0 Å². The molecule has 0 aromatic heterocycles. The third-order valence-electron chi connectivity index (χ3n) is 5.42. The normalized spacial score (nSPS) is 10.3. The van der Waals surface area contributed by atoms with Crippen LogP contribution in [0.2, 0.25) is 0 Å². The maximum Gasteiger partial charge on any atom is 0.317 e. The molecular weight excluding hydrogens is 448 g/mol. The molecule has 2 rings (SSSR count). The van der Waals surface area contributed by atoms with E-state index in [9.17, 15) is 19.2 Å². The standard InChI is InChI=1S/C14H12N2O2.C13H24O4/c15-16(13(17)11-7-3-1-4-8-11)14(18)12-9-5-2-6-10-12;1-2-3-4-5-6-7-8-9-10-11(12(14)15)13(16)17/h1-10H,15H2;11H,2-10H2,1H3,(H,14,15)(H,16,17). The first-order valence-electron chi connectivity index (χ1n) is 12.0. The first kappa shape index (κ1) is 29.5. The van der Waals surface area contributed by atoms with Crippen LogP contribution in [0.5, 0.6) is 0 Å². The number of hydrogen-bond donors (Lipinski definition) is 3. The Bertz CT molecular complexity index is 852. The van der Waals surface area contributed by atoms with Crippen molar-refractivity contribution in [2.75, 3.05) is 0 Å². The summed E-state index contributed by atoms with van der Waals surface area (Å²) in [5.74, 6) is 0.841. The van der Waals surface area contributed by atoms with Crippen molar-refractivity contribution < 1.29 is 29.4 Å². The van der Waals surface area contributed by atoms with E-state index >= 15 is 0 Å². The number of rotatable bonds is 13. The van der Waals surface area contributed by atoms with Crippen LogP contribution in [-0.2, 0) is 9.59 Å². The minimum absolute atomic E-state index is 0.250. The van der Waals surface area contributed by atoms with Gasteiger partial charge in [-0.3, -0.25) is 19.2 Å². The average molecular weight is 485 g/mol. The summed E-state index contributed by atoms with van der Waals surface area (Å²) in [7, 11) is 0. The molecule has 0 heterocycles. The molecule has 8 heteroatoms. The number of unbranched alkanes of at least 4 members (excludes halogenated alkanes) is 7. The van der Waals surface area contributed by atoms with Crippen molar-refractivity contribution in [1.82, 2.24) is 5.01 Å². The Morgan fingerprint density at radius 2 is 1.06 bits per heavy atom. The Hall–Kier alpha value is -3.52. The Balaban J connectivity index is 0.000000351. The summed E-state index contributed by atoms with van der Waals surface area (Å²) in [6.07, 6.45) is 9.14. The lowest BCUT2D eigenvalue weighted by Gasteiger charge is -2.14. The first-order valence-corrected chi connectivity index (χ1v) is 12.0. The second-order valence-electron chi connectivity index (χ2n) is 8.20. The van der Waals surface area contributed by atoms with Crippen LogP contribution in [0.25, 0.3) is 0 Å². The highest BCUT2D eigenvalue weighted by molar-refractivity contribution is 6.09. The molecule has 0 aliphatic rings. The van der Waals surface area contributed by atoms with E-state index in [2.05, 4.69) is 6.92 Å². The van der Waals surface area contributed by atoms with Crippen LogP contribution in [-0.4, -0.2) is 39.0 Å². The van der Waals surface area contributed by atoms with Gasteiger partial charge in [0.2, 0.25) is 0 Å². The molecule has 0 radical (unpaired) electrons. The molecule has 2 aromatic rings. The zero-order chi connectivity index (χ0) is 26.1. The fourth-order valence-electron chi connectivity index (χ4n) is 3.37. The van der Waals surface area contributed by atoms with Crippen LogP contribution in [0.1, 0.15) is 85.4 Å². The number of carboxylic acid groups (broad SMARTS) is 2. The summed E-state index contributed by atoms with van der Waals surface area (Å²) < 4.78 is 0. The maximum atomic E-state index is 11.9. The van der Waals surface area contributed by atoms with Gasteiger partial charge < -0.3 is 10.2 Å². The van der Waals surface area contributed by atoms with Crippen LogP contribution in [0.3, 0.4) is 0 Å². The molecule has 0 atom stereocenters. The molecule has 4 N–H and O–H groups in total. The summed E-state index contributed by atoms with van der Waals surface area (Å²) in [6.45, 7) is 2.18. The lowest BCUT2D eigenvalue weighted by Crippen LogP contribution is -2.42. The van der Waals surface area contributed by atoms with E-state index in [1.807, 2.05) is 0 Å². The lowest BCUT2D eigenvalue weighted by molar-refractivity contribution is -0.154. The van der Waals surface area contributed by atoms with Crippen molar-refractivity contribution in [2.45, 2.75) is 64.7 Å². The minimum atomic E-state index is -1.23. The Morgan fingerprint density at radius 1 is 0.686 bits per heavy atom. The van der Waals surface area contributed by atoms with Crippen LogP contribution in [0.4, 0.5) is 0 Å². The summed E-state index contributed by atoms with van der Waals surface area (Å²) in [5, 5.41) is 18.0. The molecule has 0 spiro atoms. The van der Waals surface area contributed by atoms with Gasteiger partial charge in [-0.15, -0.1) is 0 Å². The van der Waals surface area contributed by atoms with Crippen molar-refractivity contribution >= 4 is 23.8 Å². The van der Waals surface area contributed by atoms with Gasteiger partial charge >= 0.3 is 11.9 Å². The molecule has 0 bridgehead atoms. The number of hydrazine groups is 1. The number of carbonyl (C=O) groups excluding carboxylic acids is 2. The molecule has 0 saturated heterocycles. The number of hydrogen-bond acceptors (Lipinski definition) is 5. The topological polar surface area (TPSA) is 138 Å². The molecular formula is C27H36N2O6. The molecule has 190 valence electrons. The highest BCUT2D eigenvalue weighted by Gasteiger charge is 2.24. The van der Waals surface area contributed by atoms with Gasteiger partial charge in [0.25, 0.3) is 11.8 Å².